The average molecular weight is 449 g/mol. The third-order valence-corrected chi connectivity index (χ3v) is 11.2. The van der Waals surface area contributed by atoms with E-state index in [0.29, 0.717) is 42.0 Å². The van der Waals surface area contributed by atoms with Gasteiger partial charge < -0.3 is 14.9 Å². The first kappa shape index (κ1) is 24.0. The molecule has 5 nitrogen and oxygen atoms in total. The number of aliphatic hydroxyl groups excluding tert-OH is 1. The van der Waals surface area contributed by atoms with Gasteiger partial charge in [0.15, 0.2) is 0 Å². The van der Waals surface area contributed by atoms with Gasteiger partial charge >= 0.3 is 5.97 Å². The number of carboxylic acids is 1. The minimum absolute atomic E-state index is 0.00294. The summed E-state index contributed by atoms with van der Waals surface area (Å²) in [5, 5.41) is 21.0. The van der Waals surface area contributed by atoms with Gasteiger partial charge in [0, 0.05) is 6.42 Å². The Kier molecular flexibility index (Phi) is 6.70. The van der Waals surface area contributed by atoms with Crippen LogP contribution in [0.5, 0.6) is 0 Å². The molecule has 4 aliphatic carbocycles. The first-order valence-corrected chi connectivity index (χ1v) is 13.2. The van der Waals surface area contributed by atoms with E-state index in [1.807, 2.05) is 0 Å². The first-order valence-electron chi connectivity index (χ1n) is 13.2. The number of hydrogen-bond acceptors (Lipinski definition) is 4. The predicted octanol–water partition coefficient (Wildman–Crippen LogP) is 5.29. The van der Waals surface area contributed by atoms with Crippen LogP contribution in [0.3, 0.4) is 0 Å². The smallest absolute Gasteiger partial charge is 0.303 e. The lowest BCUT2D eigenvalue weighted by Gasteiger charge is -2.64. The largest absolute Gasteiger partial charge is 0.481 e. The molecule has 4 fully saturated rings. The Morgan fingerprint density at radius 3 is 2.44 bits per heavy atom. The fourth-order valence-corrected chi connectivity index (χ4v) is 9.67. The molecule has 0 spiro atoms. The molecule has 0 saturated heterocycles. The van der Waals surface area contributed by atoms with Crippen LogP contribution in [0.4, 0.5) is 0 Å². The van der Waals surface area contributed by atoms with Crippen LogP contribution in [-0.2, 0) is 14.3 Å². The van der Waals surface area contributed by atoms with Crippen molar-refractivity contribution in [3.63, 3.8) is 0 Å². The van der Waals surface area contributed by atoms with Crippen molar-refractivity contribution in [2.45, 2.75) is 104 Å². The molecule has 0 bridgehead atoms. The Balaban J connectivity index is 1.60. The molecule has 4 saturated carbocycles. The maximum Gasteiger partial charge on any atom is 0.303 e. The summed E-state index contributed by atoms with van der Waals surface area (Å²) in [6.07, 6.45) is 9.34. The van der Waals surface area contributed by atoms with Crippen LogP contribution in [0.1, 0.15) is 91.9 Å². The number of hydrogen-bond donors (Lipinski definition) is 2. The number of rotatable bonds is 7. The SMILES string of the molecule is CC[C@H]1[C@@H](O)[C@@H]2[C@H](CC[C@]3(C)C([C@H](C)CCC(=O)O)CC[C@@H]23)[C@@]2(C)CC[C@@H](OC=O)C[C@@H]12. The Hall–Kier alpha value is -1.10. The number of carbonyl (C=O) groups excluding carboxylic acids is 1. The van der Waals surface area contributed by atoms with E-state index in [9.17, 15) is 19.8 Å². The first-order chi connectivity index (χ1) is 15.2. The fourth-order valence-electron chi connectivity index (χ4n) is 9.67. The summed E-state index contributed by atoms with van der Waals surface area (Å²) in [7, 11) is 0. The molecular formula is C27H44O5. The lowest BCUT2D eigenvalue weighted by Crippen LogP contribution is -2.62. The second-order valence-corrected chi connectivity index (χ2v) is 12.2. The van der Waals surface area contributed by atoms with Gasteiger partial charge in [0.1, 0.15) is 6.10 Å². The molecule has 32 heavy (non-hydrogen) atoms. The number of carbonyl (C=O) groups is 2. The van der Waals surface area contributed by atoms with Crippen LogP contribution in [0.15, 0.2) is 0 Å². The molecule has 182 valence electrons. The quantitative estimate of drug-likeness (QED) is 0.517. The van der Waals surface area contributed by atoms with E-state index in [1.165, 1.54) is 25.7 Å². The second-order valence-electron chi connectivity index (χ2n) is 12.2. The van der Waals surface area contributed by atoms with E-state index in [4.69, 9.17) is 4.74 Å². The van der Waals surface area contributed by atoms with Crippen molar-refractivity contribution < 1.29 is 24.5 Å². The topological polar surface area (TPSA) is 83.8 Å². The molecule has 0 radical (unpaired) electrons. The summed E-state index contributed by atoms with van der Waals surface area (Å²) in [6.45, 7) is 10.0. The van der Waals surface area contributed by atoms with E-state index in [-0.39, 0.29) is 35.4 Å². The molecule has 0 aromatic rings. The van der Waals surface area contributed by atoms with Gasteiger partial charge in [0.2, 0.25) is 0 Å². The zero-order chi connectivity index (χ0) is 23.3. The highest BCUT2D eigenvalue weighted by Crippen LogP contribution is 2.69. The van der Waals surface area contributed by atoms with Gasteiger partial charge in [-0.15, -0.1) is 0 Å². The van der Waals surface area contributed by atoms with Crippen LogP contribution in [0, 0.1) is 52.3 Å². The van der Waals surface area contributed by atoms with Crippen LogP contribution >= 0.6 is 0 Å². The van der Waals surface area contributed by atoms with Crippen LogP contribution in [0.2, 0.25) is 0 Å². The molecule has 0 aromatic heterocycles. The Labute approximate surface area is 193 Å². The highest BCUT2D eigenvalue weighted by Gasteiger charge is 2.65. The molecule has 0 aromatic carbocycles. The second kappa shape index (κ2) is 8.92. The van der Waals surface area contributed by atoms with Crippen molar-refractivity contribution in [2.75, 3.05) is 0 Å². The van der Waals surface area contributed by atoms with Crippen LogP contribution in [-0.4, -0.2) is 34.9 Å². The Morgan fingerprint density at radius 2 is 1.78 bits per heavy atom. The lowest BCUT2D eigenvalue weighted by molar-refractivity contribution is -0.205. The molecule has 1 unspecified atom stereocenters. The highest BCUT2D eigenvalue weighted by atomic mass is 16.5. The number of aliphatic hydroxyl groups is 1. The minimum Gasteiger partial charge on any atom is -0.481 e. The van der Waals surface area contributed by atoms with Gasteiger partial charge in [0.25, 0.3) is 6.47 Å². The monoisotopic (exact) mass is 448 g/mol. The molecule has 4 rings (SSSR count). The van der Waals surface area contributed by atoms with E-state index >= 15 is 0 Å². The maximum absolute atomic E-state index is 11.8. The molecule has 5 heteroatoms. The van der Waals surface area contributed by atoms with Crippen LogP contribution < -0.4 is 0 Å². The molecule has 4 aliphatic rings. The summed E-state index contributed by atoms with van der Waals surface area (Å²) in [5.74, 6) is 2.38. The van der Waals surface area contributed by atoms with Crippen molar-refractivity contribution in [2.24, 2.45) is 52.3 Å². The highest BCUT2D eigenvalue weighted by molar-refractivity contribution is 5.66. The van der Waals surface area contributed by atoms with Crippen molar-refractivity contribution >= 4 is 12.4 Å². The predicted molar refractivity (Wildman–Crippen MR) is 123 cm³/mol. The third kappa shape index (κ3) is 3.71. The number of ether oxygens (including phenoxy) is 1. The van der Waals surface area contributed by atoms with Gasteiger partial charge in [-0.25, -0.2) is 0 Å². The summed E-state index contributed by atoms with van der Waals surface area (Å²) in [5.41, 5.74) is 0.418. The summed E-state index contributed by atoms with van der Waals surface area (Å²) < 4.78 is 5.40. The molecule has 0 heterocycles. The fraction of sp³-hybridized carbons (Fsp3) is 0.926. The number of carboxylic acid groups (broad SMARTS) is 1. The summed E-state index contributed by atoms with van der Waals surface area (Å²) in [4.78, 5) is 22.1. The van der Waals surface area contributed by atoms with E-state index in [1.54, 1.807) is 0 Å². The molecular weight excluding hydrogens is 404 g/mol. The molecule has 0 amide bonds. The van der Waals surface area contributed by atoms with Gasteiger partial charge in [0.05, 0.1) is 6.10 Å². The Morgan fingerprint density at radius 1 is 1.09 bits per heavy atom. The maximum atomic E-state index is 11.8. The number of fused-ring (bicyclic) bond motifs is 5. The normalized spacial score (nSPS) is 48.8. The lowest BCUT2D eigenvalue weighted by atomic mass is 9.41. The van der Waals surface area contributed by atoms with Gasteiger partial charge in [-0.1, -0.05) is 34.1 Å². The Bertz CT molecular complexity index is 708. The van der Waals surface area contributed by atoms with E-state index in [2.05, 4.69) is 27.7 Å². The van der Waals surface area contributed by atoms with Crippen molar-refractivity contribution in [3.05, 3.63) is 0 Å². The van der Waals surface area contributed by atoms with E-state index in [0.717, 1.165) is 32.1 Å². The molecule has 2 N–H and O–H groups in total. The average Bonchev–Trinajstić information content (AvgIpc) is 3.10. The molecule has 11 atom stereocenters. The minimum atomic E-state index is -0.693. The van der Waals surface area contributed by atoms with Crippen molar-refractivity contribution in [3.8, 4) is 0 Å². The zero-order valence-corrected chi connectivity index (χ0v) is 20.5. The summed E-state index contributed by atoms with van der Waals surface area (Å²) >= 11 is 0. The number of aliphatic carboxylic acids is 1. The van der Waals surface area contributed by atoms with Crippen molar-refractivity contribution in [1.82, 2.24) is 0 Å². The third-order valence-electron chi connectivity index (χ3n) is 11.2. The van der Waals surface area contributed by atoms with Crippen molar-refractivity contribution in [1.29, 1.82) is 0 Å². The van der Waals surface area contributed by atoms with E-state index < -0.39 is 5.97 Å². The zero-order valence-electron chi connectivity index (χ0n) is 20.5. The summed E-state index contributed by atoms with van der Waals surface area (Å²) in [6, 6.07) is 0. The molecule has 0 aliphatic heterocycles. The van der Waals surface area contributed by atoms with Gasteiger partial charge in [-0.3, -0.25) is 9.59 Å². The van der Waals surface area contributed by atoms with Crippen LogP contribution in [0.25, 0.3) is 0 Å². The standard InChI is InChI=1S/C27H44O5/c1-5-18-22-14-17(32-15-28)10-12-27(22,4)21-11-13-26(3)19(16(2)6-9-23(29)30)7-8-20(26)24(21)25(18)31/h15-22,24-25,31H,5-14H2,1-4H3,(H,29,30)/t16-,17-,18-,19?,20+,21+,22+,24+,25-,26-,27-/m1/s1. The van der Waals surface area contributed by atoms with Gasteiger partial charge in [-0.05, 0) is 104 Å². The van der Waals surface area contributed by atoms with Gasteiger partial charge in [-0.2, -0.15) is 0 Å².